The van der Waals surface area contributed by atoms with E-state index in [1.54, 1.807) is 12.1 Å². The molecule has 0 atom stereocenters. The number of anilines is 1. The second-order valence-electron chi connectivity index (χ2n) is 4.23. The molecular formula is C13H12N4O. The van der Waals surface area contributed by atoms with Gasteiger partial charge in [-0.25, -0.2) is 0 Å². The minimum absolute atomic E-state index is 0.0621. The minimum atomic E-state index is 0.0621. The number of nitrogen functional groups attached to an aromatic ring is 1. The van der Waals surface area contributed by atoms with Crippen LogP contribution in [0.4, 0.5) is 5.69 Å². The van der Waals surface area contributed by atoms with E-state index in [9.17, 15) is 5.11 Å². The molecule has 3 rings (SSSR count). The van der Waals surface area contributed by atoms with Gasteiger partial charge in [-0.3, -0.25) is 0 Å². The Hall–Kier alpha value is -2.56. The van der Waals surface area contributed by atoms with Gasteiger partial charge >= 0.3 is 0 Å². The summed E-state index contributed by atoms with van der Waals surface area (Å²) in [5.41, 5.74) is 9.31. The SMILES string of the molecule is Cc1ccc2nn(-c3ccc(N)cc3O)nc2c1. The van der Waals surface area contributed by atoms with Crippen LogP contribution in [-0.4, -0.2) is 20.1 Å². The van der Waals surface area contributed by atoms with Gasteiger partial charge in [-0.1, -0.05) is 6.07 Å². The summed E-state index contributed by atoms with van der Waals surface area (Å²) in [5, 5.41) is 18.5. The van der Waals surface area contributed by atoms with Gasteiger partial charge in [0.15, 0.2) is 0 Å². The lowest BCUT2D eigenvalue weighted by Crippen LogP contribution is -1.99. The number of fused-ring (bicyclic) bond motifs is 1. The van der Waals surface area contributed by atoms with Crippen LogP contribution in [0.25, 0.3) is 16.7 Å². The maximum absolute atomic E-state index is 9.84. The van der Waals surface area contributed by atoms with Crippen molar-refractivity contribution in [2.75, 3.05) is 5.73 Å². The fourth-order valence-corrected chi connectivity index (χ4v) is 1.84. The lowest BCUT2D eigenvalue weighted by atomic mass is 10.2. The normalized spacial score (nSPS) is 10.9. The molecule has 0 unspecified atom stereocenters. The Morgan fingerprint density at radius 1 is 1.06 bits per heavy atom. The van der Waals surface area contributed by atoms with Crippen molar-refractivity contribution in [3.8, 4) is 11.4 Å². The molecule has 2 aromatic carbocycles. The molecule has 5 nitrogen and oxygen atoms in total. The highest BCUT2D eigenvalue weighted by atomic mass is 16.3. The molecule has 1 aromatic heterocycles. The van der Waals surface area contributed by atoms with Crippen molar-refractivity contribution < 1.29 is 5.11 Å². The molecule has 0 aliphatic carbocycles. The van der Waals surface area contributed by atoms with Crippen molar-refractivity contribution in [1.29, 1.82) is 0 Å². The van der Waals surface area contributed by atoms with E-state index in [2.05, 4.69) is 10.2 Å². The number of aromatic hydroxyl groups is 1. The molecule has 0 bridgehead atoms. The molecule has 90 valence electrons. The zero-order valence-electron chi connectivity index (χ0n) is 9.83. The van der Waals surface area contributed by atoms with Crippen LogP contribution < -0.4 is 5.73 Å². The number of hydrogen-bond donors (Lipinski definition) is 2. The summed E-state index contributed by atoms with van der Waals surface area (Å²) in [6.45, 7) is 2.00. The Morgan fingerprint density at radius 3 is 2.61 bits per heavy atom. The molecule has 5 heteroatoms. The largest absolute Gasteiger partial charge is 0.506 e. The lowest BCUT2D eigenvalue weighted by molar-refractivity contribution is 0.468. The van der Waals surface area contributed by atoms with Gasteiger partial charge < -0.3 is 10.8 Å². The molecular weight excluding hydrogens is 228 g/mol. The molecule has 0 saturated heterocycles. The standard InChI is InChI=1S/C13H12N4O/c1-8-2-4-10-11(6-8)16-17(15-10)12-5-3-9(14)7-13(12)18/h2-7,18H,14H2,1H3. The van der Waals surface area contributed by atoms with E-state index in [1.807, 2.05) is 25.1 Å². The highest BCUT2D eigenvalue weighted by molar-refractivity contribution is 5.74. The second-order valence-corrected chi connectivity index (χ2v) is 4.23. The molecule has 0 spiro atoms. The number of nitrogens with zero attached hydrogens (tertiary/aromatic N) is 3. The van der Waals surface area contributed by atoms with Gasteiger partial charge in [0.2, 0.25) is 0 Å². The maximum atomic E-state index is 9.84. The van der Waals surface area contributed by atoms with Gasteiger partial charge in [-0.05, 0) is 36.8 Å². The van der Waals surface area contributed by atoms with Gasteiger partial charge in [0.1, 0.15) is 22.5 Å². The number of nitrogens with two attached hydrogens (primary N) is 1. The Bertz CT molecular complexity index is 733. The van der Waals surface area contributed by atoms with Crippen LogP contribution in [0.15, 0.2) is 36.4 Å². The Kier molecular flexibility index (Phi) is 2.19. The van der Waals surface area contributed by atoms with Crippen LogP contribution in [0.3, 0.4) is 0 Å². The number of benzene rings is 2. The molecule has 0 aliphatic rings. The number of phenolic OH excluding ortho intramolecular Hbond substituents is 1. The summed E-state index contributed by atoms with van der Waals surface area (Å²) in [6.07, 6.45) is 0. The molecule has 3 N–H and O–H groups in total. The summed E-state index contributed by atoms with van der Waals surface area (Å²) >= 11 is 0. The van der Waals surface area contributed by atoms with Crippen molar-refractivity contribution in [2.45, 2.75) is 6.92 Å². The highest BCUT2D eigenvalue weighted by Gasteiger charge is 2.08. The first-order chi connectivity index (χ1) is 8.63. The molecule has 18 heavy (non-hydrogen) atoms. The topological polar surface area (TPSA) is 77.0 Å². The van der Waals surface area contributed by atoms with Crippen molar-refractivity contribution >= 4 is 16.7 Å². The average Bonchev–Trinajstić information content (AvgIpc) is 2.71. The van der Waals surface area contributed by atoms with Gasteiger partial charge in [-0.15, -0.1) is 15.0 Å². The van der Waals surface area contributed by atoms with Crippen LogP contribution in [-0.2, 0) is 0 Å². The summed E-state index contributed by atoms with van der Waals surface area (Å²) in [5.74, 6) is 0.0621. The van der Waals surface area contributed by atoms with Crippen LogP contribution in [0.1, 0.15) is 5.56 Å². The van der Waals surface area contributed by atoms with Crippen molar-refractivity contribution in [1.82, 2.24) is 15.0 Å². The predicted octanol–water partition coefficient (Wildman–Crippen LogP) is 2.02. The van der Waals surface area contributed by atoms with Crippen LogP contribution in [0, 0.1) is 6.92 Å². The smallest absolute Gasteiger partial charge is 0.145 e. The summed E-state index contributed by atoms with van der Waals surface area (Å²) in [7, 11) is 0. The molecule has 0 aliphatic heterocycles. The lowest BCUT2D eigenvalue weighted by Gasteiger charge is -2.03. The monoisotopic (exact) mass is 240 g/mol. The quantitative estimate of drug-likeness (QED) is 0.638. The number of phenols is 1. The van der Waals surface area contributed by atoms with Gasteiger partial charge in [0.25, 0.3) is 0 Å². The van der Waals surface area contributed by atoms with Crippen LogP contribution >= 0.6 is 0 Å². The molecule has 3 aromatic rings. The number of hydrogen-bond acceptors (Lipinski definition) is 4. The number of aryl methyl sites for hydroxylation is 1. The van der Waals surface area contributed by atoms with Gasteiger partial charge in [-0.2, -0.15) is 0 Å². The van der Waals surface area contributed by atoms with Crippen molar-refractivity contribution in [2.24, 2.45) is 0 Å². The summed E-state index contributed by atoms with van der Waals surface area (Å²) < 4.78 is 0. The van der Waals surface area contributed by atoms with E-state index >= 15 is 0 Å². The van der Waals surface area contributed by atoms with Crippen LogP contribution in [0.5, 0.6) is 5.75 Å². The summed E-state index contributed by atoms with van der Waals surface area (Å²) in [6, 6.07) is 10.7. The molecule has 0 saturated carbocycles. The Labute approximate surface area is 103 Å². The van der Waals surface area contributed by atoms with Gasteiger partial charge in [0, 0.05) is 11.8 Å². The zero-order chi connectivity index (χ0) is 12.7. The maximum Gasteiger partial charge on any atom is 0.145 e. The fourth-order valence-electron chi connectivity index (χ4n) is 1.84. The van der Waals surface area contributed by atoms with E-state index in [4.69, 9.17) is 5.73 Å². The molecule has 1 heterocycles. The van der Waals surface area contributed by atoms with E-state index in [-0.39, 0.29) is 5.75 Å². The predicted molar refractivity (Wildman–Crippen MR) is 69.7 cm³/mol. The highest BCUT2D eigenvalue weighted by Crippen LogP contribution is 2.24. The third-order valence-corrected chi connectivity index (χ3v) is 2.75. The van der Waals surface area contributed by atoms with Crippen molar-refractivity contribution in [3.05, 3.63) is 42.0 Å². The first-order valence-corrected chi connectivity index (χ1v) is 5.56. The molecule has 0 fully saturated rings. The van der Waals surface area contributed by atoms with E-state index in [1.165, 1.54) is 10.9 Å². The van der Waals surface area contributed by atoms with E-state index in [0.717, 1.165) is 16.6 Å². The zero-order valence-corrected chi connectivity index (χ0v) is 9.83. The fraction of sp³-hybridized carbons (Fsp3) is 0.0769. The molecule has 0 radical (unpaired) electrons. The van der Waals surface area contributed by atoms with Gasteiger partial charge in [0.05, 0.1) is 0 Å². The number of rotatable bonds is 1. The second kappa shape index (κ2) is 3.73. The Balaban J connectivity index is 2.19. The summed E-state index contributed by atoms with van der Waals surface area (Å²) in [4.78, 5) is 1.42. The first-order valence-electron chi connectivity index (χ1n) is 5.56. The first kappa shape index (κ1) is 10.6. The average molecular weight is 240 g/mol. The Morgan fingerprint density at radius 2 is 1.83 bits per heavy atom. The van der Waals surface area contributed by atoms with E-state index in [0.29, 0.717) is 11.4 Å². The third-order valence-electron chi connectivity index (χ3n) is 2.75. The van der Waals surface area contributed by atoms with Crippen molar-refractivity contribution in [3.63, 3.8) is 0 Å². The molecule has 0 amide bonds. The number of aromatic nitrogens is 3. The van der Waals surface area contributed by atoms with Crippen LogP contribution in [0.2, 0.25) is 0 Å². The van der Waals surface area contributed by atoms with E-state index < -0.39 is 0 Å². The minimum Gasteiger partial charge on any atom is -0.506 e. The third kappa shape index (κ3) is 1.66.